The number of hydrogen-bond acceptors (Lipinski definition) is 1. The first-order valence-electron chi connectivity index (χ1n) is 7.41. The molecule has 4 fully saturated rings. The molecule has 4 rings (SSSR count). The summed E-state index contributed by atoms with van der Waals surface area (Å²) >= 11 is 0. The third kappa shape index (κ3) is 1.73. The Bertz CT molecular complexity index is 338. The molecular formula is C15H25F2N. The van der Waals surface area contributed by atoms with Gasteiger partial charge in [-0.15, -0.1) is 0 Å². The Morgan fingerprint density at radius 1 is 0.944 bits per heavy atom. The van der Waals surface area contributed by atoms with Gasteiger partial charge in [-0.25, -0.2) is 8.78 Å². The molecule has 0 aliphatic heterocycles. The first kappa shape index (κ1) is 12.8. The average molecular weight is 257 g/mol. The van der Waals surface area contributed by atoms with E-state index in [2.05, 4.69) is 13.8 Å². The first-order chi connectivity index (χ1) is 8.25. The molecule has 4 aliphatic rings. The van der Waals surface area contributed by atoms with Gasteiger partial charge < -0.3 is 5.73 Å². The summed E-state index contributed by atoms with van der Waals surface area (Å²) in [6, 6.07) is 0. The monoisotopic (exact) mass is 257 g/mol. The lowest BCUT2D eigenvalue weighted by molar-refractivity contribution is -0.143. The van der Waals surface area contributed by atoms with E-state index in [1.54, 1.807) is 0 Å². The van der Waals surface area contributed by atoms with Crippen LogP contribution in [0.3, 0.4) is 0 Å². The van der Waals surface area contributed by atoms with E-state index < -0.39 is 5.92 Å². The molecule has 3 atom stereocenters. The Morgan fingerprint density at radius 3 is 2.06 bits per heavy atom. The molecule has 0 aromatic rings. The SMILES string of the molecule is CC1(C)C2CCC(C3(N)CCC(F)(F)CC3)C1C2. The van der Waals surface area contributed by atoms with Gasteiger partial charge >= 0.3 is 0 Å². The standard InChI is InChI=1S/C15H25F2N/c1-13(2)10-3-4-11(12(13)9-10)14(18)5-7-15(16,17)8-6-14/h10-12H,3-9,18H2,1-2H3. The largest absolute Gasteiger partial charge is 0.325 e. The smallest absolute Gasteiger partial charge is 0.248 e. The Kier molecular flexibility index (Phi) is 2.62. The molecule has 18 heavy (non-hydrogen) atoms. The number of alkyl halides is 2. The van der Waals surface area contributed by atoms with E-state index >= 15 is 0 Å². The highest BCUT2D eigenvalue weighted by Gasteiger charge is 2.59. The van der Waals surface area contributed by atoms with Crippen LogP contribution in [-0.2, 0) is 0 Å². The van der Waals surface area contributed by atoms with Gasteiger partial charge in [0.15, 0.2) is 0 Å². The predicted octanol–water partition coefficient (Wildman–Crippen LogP) is 3.97. The van der Waals surface area contributed by atoms with Crippen molar-refractivity contribution in [3.63, 3.8) is 0 Å². The number of nitrogens with two attached hydrogens (primary N) is 1. The first-order valence-corrected chi connectivity index (χ1v) is 7.41. The fraction of sp³-hybridized carbons (Fsp3) is 1.00. The summed E-state index contributed by atoms with van der Waals surface area (Å²) in [5, 5.41) is 0. The van der Waals surface area contributed by atoms with Crippen molar-refractivity contribution in [3.8, 4) is 0 Å². The van der Waals surface area contributed by atoms with Crippen LogP contribution in [0.25, 0.3) is 0 Å². The maximum absolute atomic E-state index is 13.3. The molecule has 2 bridgehead atoms. The molecule has 2 N–H and O–H groups in total. The van der Waals surface area contributed by atoms with E-state index in [4.69, 9.17) is 5.73 Å². The van der Waals surface area contributed by atoms with Gasteiger partial charge in [-0.2, -0.15) is 0 Å². The van der Waals surface area contributed by atoms with E-state index in [0.29, 0.717) is 30.1 Å². The van der Waals surface area contributed by atoms with Crippen molar-refractivity contribution in [1.29, 1.82) is 0 Å². The Labute approximate surface area is 109 Å². The molecule has 0 saturated heterocycles. The van der Waals surface area contributed by atoms with Crippen molar-refractivity contribution in [2.24, 2.45) is 28.9 Å². The van der Waals surface area contributed by atoms with Crippen LogP contribution in [0.15, 0.2) is 0 Å². The zero-order valence-corrected chi connectivity index (χ0v) is 11.5. The van der Waals surface area contributed by atoms with E-state index in [1.807, 2.05) is 0 Å². The third-order valence-corrected chi connectivity index (χ3v) is 6.51. The normalized spacial score (nSPS) is 44.2. The van der Waals surface area contributed by atoms with Gasteiger partial charge in [-0.1, -0.05) is 13.8 Å². The number of fused-ring (bicyclic) bond motifs is 2. The van der Waals surface area contributed by atoms with Crippen molar-refractivity contribution in [1.82, 2.24) is 0 Å². The fourth-order valence-electron chi connectivity index (χ4n) is 4.95. The maximum atomic E-state index is 13.3. The maximum Gasteiger partial charge on any atom is 0.248 e. The highest BCUT2D eigenvalue weighted by atomic mass is 19.3. The quantitative estimate of drug-likeness (QED) is 0.756. The minimum absolute atomic E-state index is 0.00340. The fourth-order valence-corrected chi connectivity index (χ4v) is 4.95. The molecule has 0 amide bonds. The highest BCUT2D eigenvalue weighted by Crippen LogP contribution is 2.64. The lowest BCUT2D eigenvalue weighted by atomic mass is 9.42. The summed E-state index contributed by atoms with van der Waals surface area (Å²) in [5.41, 5.74) is 6.65. The molecule has 104 valence electrons. The van der Waals surface area contributed by atoms with E-state index in [-0.39, 0.29) is 18.4 Å². The lowest BCUT2D eigenvalue weighted by Crippen LogP contribution is -2.63. The van der Waals surface area contributed by atoms with Crippen LogP contribution in [-0.4, -0.2) is 11.5 Å². The second kappa shape index (κ2) is 3.68. The van der Waals surface area contributed by atoms with Crippen molar-refractivity contribution in [2.75, 3.05) is 0 Å². The van der Waals surface area contributed by atoms with Crippen LogP contribution in [0, 0.1) is 23.2 Å². The molecule has 3 unspecified atom stereocenters. The number of rotatable bonds is 1. The summed E-state index contributed by atoms with van der Waals surface area (Å²) in [5.74, 6) is -0.455. The second-order valence-corrected chi connectivity index (χ2v) is 7.63. The van der Waals surface area contributed by atoms with E-state index in [1.165, 1.54) is 19.3 Å². The average Bonchev–Trinajstić information content (AvgIpc) is 2.33. The zero-order chi connectivity index (χ0) is 13.2. The van der Waals surface area contributed by atoms with Crippen LogP contribution in [0.2, 0.25) is 0 Å². The summed E-state index contributed by atoms with van der Waals surface area (Å²) < 4.78 is 26.6. The van der Waals surface area contributed by atoms with Crippen LogP contribution >= 0.6 is 0 Å². The van der Waals surface area contributed by atoms with Crippen molar-refractivity contribution in [2.45, 2.75) is 70.3 Å². The third-order valence-electron chi connectivity index (χ3n) is 6.51. The molecule has 3 heteroatoms. The van der Waals surface area contributed by atoms with E-state index in [0.717, 1.165) is 5.92 Å². The molecule has 4 saturated carbocycles. The van der Waals surface area contributed by atoms with Gasteiger partial charge in [0.1, 0.15) is 0 Å². The Hall–Kier alpha value is -0.180. The topological polar surface area (TPSA) is 26.0 Å². The van der Waals surface area contributed by atoms with Gasteiger partial charge in [0.05, 0.1) is 0 Å². The molecule has 1 nitrogen and oxygen atoms in total. The molecule has 4 aliphatic carbocycles. The number of halogens is 2. The zero-order valence-electron chi connectivity index (χ0n) is 11.5. The summed E-state index contributed by atoms with van der Waals surface area (Å²) in [6.45, 7) is 4.69. The highest BCUT2D eigenvalue weighted by molar-refractivity contribution is 5.10. The van der Waals surface area contributed by atoms with Crippen LogP contribution in [0.1, 0.15) is 58.8 Å². The Balaban J connectivity index is 1.75. The van der Waals surface area contributed by atoms with Crippen molar-refractivity contribution >= 4 is 0 Å². The van der Waals surface area contributed by atoms with Crippen LogP contribution < -0.4 is 5.73 Å². The predicted molar refractivity (Wildman–Crippen MR) is 68.4 cm³/mol. The molecule has 0 heterocycles. The molecule has 0 spiro atoms. The van der Waals surface area contributed by atoms with Crippen LogP contribution in [0.4, 0.5) is 8.78 Å². The van der Waals surface area contributed by atoms with Crippen LogP contribution in [0.5, 0.6) is 0 Å². The Morgan fingerprint density at radius 2 is 1.56 bits per heavy atom. The summed E-state index contributed by atoms with van der Waals surface area (Å²) in [4.78, 5) is 0. The van der Waals surface area contributed by atoms with E-state index in [9.17, 15) is 8.78 Å². The van der Waals surface area contributed by atoms with Gasteiger partial charge in [-0.3, -0.25) is 0 Å². The van der Waals surface area contributed by atoms with Gasteiger partial charge in [0.2, 0.25) is 5.92 Å². The van der Waals surface area contributed by atoms with Gasteiger partial charge in [0.25, 0.3) is 0 Å². The molecule has 0 aromatic carbocycles. The summed E-state index contributed by atoms with van der Waals surface area (Å²) in [6.07, 6.45) is 4.73. The second-order valence-electron chi connectivity index (χ2n) is 7.63. The minimum atomic E-state index is -2.46. The summed E-state index contributed by atoms with van der Waals surface area (Å²) in [7, 11) is 0. The minimum Gasteiger partial charge on any atom is -0.325 e. The van der Waals surface area contributed by atoms with Crippen molar-refractivity contribution in [3.05, 3.63) is 0 Å². The molecular weight excluding hydrogens is 232 g/mol. The number of hydrogen-bond donors (Lipinski definition) is 1. The molecule has 0 aromatic heterocycles. The van der Waals surface area contributed by atoms with Crippen molar-refractivity contribution < 1.29 is 8.78 Å². The lowest BCUT2D eigenvalue weighted by Gasteiger charge is -2.64. The van der Waals surface area contributed by atoms with Gasteiger partial charge in [0, 0.05) is 18.4 Å². The molecule has 0 radical (unpaired) electrons. The van der Waals surface area contributed by atoms with Gasteiger partial charge in [-0.05, 0) is 55.3 Å².